The van der Waals surface area contributed by atoms with Gasteiger partial charge in [-0.3, -0.25) is 9.10 Å². The number of nitrogens with one attached hydrogen (secondary N) is 1. The molecule has 33 heavy (non-hydrogen) atoms. The number of amides is 1. The van der Waals surface area contributed by atoms with E-state index in [0.29, 0.717) is 29.3 Å². The number of methoxy groups -OCH3 is 2. The number of hydrogen-bond donors (Lipinski definition) is 1. The van der Waals surface area contributed by atoms with Crippen molar-refractivity contribution in [2.75, 3.05) is 24.8 Å². The van der Waals surface area contributed by atoms with E-state index in [0.717, 1.165) is 14.7 Å². The molecule has 0 radical (unpaired) electrons. The van der Waals surface area contributed by atoms with Crippen LogP contribution in [0.25, 0.3) is 0 Å². The molecule has 9 heteroatoms. The maximum absolute atomic E-state index is 12.6. The third-order valence-corrected chi connectivity index (χ3v) is 6.82. The van der Waals surface area contributed by atoms with Crippen LogP contribution in [0.3, 0.4) is 0 Å². The quantitative estimate of drug-likeness (QED) is 0.384. The Bertz CT molecular complexity index is 1210. The van der Waals surface area contributed by atoms with Crippen LogP contribution >= 0.6 is 22.6 Å². The highest BCUT2D eigenvalue weighted by Crippen LogP contribution is 2.27. The van der Waals surface area contributed by atoms with Crippen LogP contribution in [0.15, 0.2) is 66.7 Å². The molecule has 0 heterocycles. The van der Waals surface area contributed by atoms with Gasteiger partial charge in [-0.2, -0.15) is 0 Å². The summed E-state index contributed by atoms with van der Waals surface area (Å²) < 4.78 is 37.6. The lowest BCUT2D eigenvalue weighted by molar-refractivity contribution is 0.0951. The summed E-state index contributed by atoms with van der Waals surface area (Å²) in [5.41, 5.74) is 2.73. The smallest absolute Gasteiger partial charge is 0.251 e. The molecule has 7 nitrogen and oxygen atoms in total. The van der Waals surface area contributed by atoms with Crippen LogP contribution in [0.1, 0.15) is 21.5 Å². The predicted octanol–water partition coefficient (Wildman–Crippen LogP) is 4.20. The molecule has 1 N–H and O–H groups in total. The summed E-state index contributed by atoms with van der Waals surface area (Å²) in [4.78, 5) is 12.6. The molecule has 0 aliphatic carbocycles. The van der Waals surface area contributed by atoms with Gasteiger partial charge in [0.25, 0.3) is 5.91 Å². The molecule has 3 aromatic rings. The van der Waals surface area contributed by atoms with Crippen LogP contribution < -0.4 is 19.1 Å². The maximum atomic E-state index is 12.6. The lowest BCUT2D eigenvalue weighted by Crippen LogP contribution is -2.29. The molecule has 3 aromatic carbocycles. The van der Waals surface area contributed by atoms with E-state index in [1.54, 1.807) is 56.7 Å². The molecule has 0 aliphatic rings. The van der Waals surface area contributed by atoms with Crippen molar-refractivity contribution < 1.29 is 22.7 Å². The highest BCUT2D eigenvalue weighted by molar-refractivity contribution is 14.1. The first kappa shape index (κ1) is 24.8. The number of halogens is 1. The number of sulfonamides is 1. The van der Waals surface area contributed by atoms with Gasteiger partial charge in [0.05, 0.1) is 32.7 Å². The number of carbonyl (C=O) groups excluding carboxylic acids is 1. The Balaban J connectivity index is 1.67. The van der Waals surface area contributed by atoms with Crippen LogP contribution in [-0.4, -0.2) is 34.8 Å². The standard InChI is InChI=1S/C24H25IN2O5S/c1-31-22-13-6-18(14-23(22)32-2)15-26-24(28)19-7-4-17(5-8-19)16-27(33(3,29)30)21-11-9-20(25)10-12-21/h4-14H,15-16H2,1-3H3,(H,26,28). The van der Waals surface area contributed by atoms with E-state index in [-0.39, 0.29) is 12.5 Å². The zero-order chi connectivity index (χ0) is 24.0. The van der Waals surface area contributed by atoms with Gasteiger partial charge in [0.1, 0.15) is 0 Å². The molecule has 0 bridgehead atoms. The third-order valence-electron chi connectivity index (χ3n) is 4.96. The SMILES string of the molecule is COc1ccc(CNC(=O)c2ccc(CN(c3ccc(I)cc3)S(C)(=O)=O)cc2)cc1OC. The number of hydrogen-bond acceptors (Lipinski definition) is 5. The van der Waals surface area contributed by atoms with E-state index in [1.807, 2.05) is 24.3 Å². The normalized spacial score (nSPS) is 11.0. The van der Waals surface area contributed by atoms with Gasteiger partial charge in [-0.25, -0.2) is 8.42 Å². The first-order valence-electron chi connectivity index (χ1n) is 10.0. The lowest BCUT2D eigenvalue weighted by Gasteiger charge is -2.22. The Hall–Kier alpha value is -2.79. The molecular weight excluding hydrogens is 555 g/mol. The zero-order valence-corrected chi connectivity index (χ0v) is 21.5. The second-order valence-electron chi connectivity index (χ2n) is 7.31. The summed E-state index contributed by atoms with van der Waals surface area (Å²) in [5.74, 6) is 0.989. The average molecular weight is 580 g/mol. The second-order valence-corrected chi connectivity index (χ2v) is 10.5. The molecular formula is C24H25IN2O5S. The van der Waals surface area contributed by atoms with Crippen LogP contribution in [-0.2, 0) is 23.1 Å². The summed E-state index contributed by atoms with van der Waals surface area (Å²) >= 11 is 2.17. The number of ether oxygens (including phenoxy) is 2. The molecule has 0 aliphatic heterocycles. The molecule has 0 aromatic heterocycles. The Morgan fingerprint density at radius 2 is 1.52 bits per heavy atom. The molecule has 0 atom stereocenters. The summed E-state index contributed by atoms with van der Waals surface area (Å²) in [6, 6.07) is 19.6. The molecule has 0 saturated heterocycles. The summed E-state index contributed by atoms with van der Waals surface area (Å²) in [6.45, 7) is 0.503. The minimum atomic E-state index is -3.47. The number of benzene rings is 3. The summed E-state index contributed by atoms with van der Waals surface area (Å²) in [7, 11) is -0.344. The molecule has 0 spiro atoms. The van der Waals surface area contributed by atoms with Gasteiger partial charge in [0.2, 0.25) is 10.0 Å². The Morgan fingerprint density at radius 3 is 2.09 bits per heavy atom. The average Bonchev–Trinajstić information content (AvgIpc) is 2.81. The molecule has 0 saturated carbocycles. The number of anilines is 1. The molecule has 1 amide bonds. The van der Waals surface area contributed by atoms with Crippen LogP contribution in [0.4, 0.5) is 5.69 Å². The van der Waals surface area contributed by atoms with E-state index in [1.165, 1.54) is 10.6 Å². The Morgan fingerprint density at radius 1 is 0.909 bits per heavy atom. The first-order chi connectivity index (χ1) is 15.7. The van der Waals surface area contributed by atoms with Crippen molar-refractivity contribution in [1.82, 2.24) is 5.32 Å². The minimum absolute atomic E-state index is 0.174. The highest BCUT2D eigenvalue weighted by atomic mass is 127. The van der Waals surface area contributed by atoms with E-state index in [4.69, 9.17) is 9.47 Å². The van der Waals surface area contributed by atoms with Crippen molar-refractivity contribution in [3.05, 3.63) is 87.0 Å². The van der Waals surface area contributed by atoms with E-state index < -0.39 is 10.0 Å². The largest absolute Gasteiger partial charge is 0.493 e. The fourth-order valence-electron chi connectivity index (χ4n) is 3.21. The number of nitrogens with zero attached hydrogens (tertiary/aromatic N) is 1. The Labute approximate surface area is 207 Å². The van der Waals surface area contributed by atoms with Gasteiger partial charge in [-0.15, -0.1) is 0 Å². The summed E-state index contributed by atoms with van der Waals surface area (Å²) in [6.07, 6.45) is 1.18. The van der Waals surface area contributed by atoms with E-state index in [2.05, 4.69) is 27.9 Å². The summed E-state index contributed by atoms with van der Waals surface area (Å²) in [5, 5.41) is 2.88. The van der Waals surface area contributed by atoms with Gasteiger partial charge < -0.3 is 14.8 Å². The maximum Gasteiger partial charge on any atom is 0.251 e. The predicted molar refractivity (Wildman–Crippen MR) is 137 cm³/mol. The van der Waals surface area contributed by atoms with Crippen molar-refractivity contribution in [3.63, 3.8) is 0 Å². The second kappa shape index (κ2) is 10.9. The van der Waals surface area contributed by atoms with Crippen molar-refractivity contribution in [2.24, 2.45) is 0 Å². The minimum Gasteiger partial charge on any atom is -0.493 e. The van der Waals surface area contributed by atoms with Gasteiger partial charge >= 0.3 is 0 Å². The highest BCUT2D eigenvalue weighted by Gasteiger charge is 2.18. The van der Waals surface area contributed by atoms with Crippen LogP contribution in [0, 0.1) is 3.57 Å². The van der Waals surface area contributed by atoms with E-state index >= 15 is 0 Å². The van der Waals surface area contributed by atoms with Crippen LogP contribution in [0.2, 0.25) is 0 Å². The van der Waals surface area contributed by atoms with Gasteiger partial charge in [0, 0.05) is 15.7 Å². The van der Waals surface area contributed by atoms with Gasteiger partial charge in [0.15, 0.2) is 11.5 Å². The lowest BCUT2D eigenvalue weighted by atomic mass is 10.1. The zero-order valence-electron chi connectivity index (χ0n) is 18.5. The third kappa shape index (κ3) is 6.61. The number of carbonyl (C=O) groups is 1. The molecule has 174 valence electrons. The van der Waals surface area contributed by atoms with Crippen molar-refractivity contribution in [1.29, 1.82) is 0 Å². The van der Waals surface area contributed by atoms with Crippen molar-refractivity contribution in [3.8, 4) is 11.5 Å². The fraction of sp³-hybridized carbons (Fsp3) is 0.208. The number of rotatable bonds is 9. The molecule has 0 unspecified atom stereocenters. The van der Waals surface area contributed by atoms with Crippen molar-refractivity contribution in [2.45, 2.75) is 13.1 Å². The van der Waals surface area contributed by atoms with Gasteiger partial charge in [-0.05, 0) is 82.2 Å². The topological polar surface area (TPSA) is 84.9 Å². The molecule has 0 fully saturated rings. The van der Waals surface area contributed by atoms with Gasteiger partial charge in [-0.1, -0.05) is 18.2 Å². The Kier molecular flexibility index (Phi) is 8.20. The van der Waals surface area contributed by atoms with Crippen LogP contribution in [0.5, 0.6) is 11.5 Å². The van der Waals surface area contributed by atoms with Crippen molar-refractivity contribution >= 4 is 44.2 Å². The van der Waals surface area contributed by atoms with E-state index in [9.17, 15) is 13.2 Å². The fourth-order valence-corrected chi connectivity index (χ4v) is 4.46. The molecule has 3 rings (SSSR count). The first-order valence-corrected chi connectivity index (χ1v) is 13.0. The monoisotopic (exact) mass is 580 g/mol.